The normalized spacial score (nSPS) is 23.1. The zero-order valence-corrected chi connectivity index (χ0v) is 38.6. The second kappa shape index (κ2) is 18.1. The maximum absolute atomic E-state index is 14.8. The highest BCUT2D eigenvalue weighted by Crippen LogP contribution is 2.49. The Kier molecular flexibility index (Phi) is 12.4. The molecule has 4 N–H and O–H groups in total. The molecule has 2 aliphatic heterocycles. The molecule has 5 aromatic rings. The van der Waals surface area contributed by atoms with E-state index in [0.717, 1.165) is 69.8 Å². The van der Waals surface area contributed by atoms with Crippen molar-refractivity contribution in [3.05, 3.63) is 106 Å². The van der Waals surface area contributed by atoms with E-state index in [1.807, 2.05) is 6.92 Å². The van der Waals surface area contributed by atoms with Gasteiger partial charge < -0.3 is 25.0 Å². The molecule has 9 rings (SSSR count). The highest BCUT2D eigenvalue weighted by Gasteiger charge is 2.49. The predicted octanol–water partition coefficient (Wildman–Crippen LogP) is 9.71. The summed E-state index contributed by atoms with van der Waals surface area (Å²) in [5.74, 6) is 2.22. The molecule has 4 heterocycles. The molecule has 4 fully saturated rings. The molecule has 1 spiro atoms. The van der Waals surface area contributed by atoms with Crippen molar-refractivity contribution in [1.29, 1.82) is 0 Å². The van der Waals surface area contributed by atoms with Crippen LogP contribution in [0.5, 0.6) is 11.5 Å². The number of hydrogen-bond donors (Lipinski definition) is 4. The molecule has 3 aromatic carbocycles. The van der Waals surface area contributed by atoms with Crippen molar-refractivity contribution < 1.29 is 27.4 Å². The molecule has 2 aliphatic carbocycles. The quantitative estimate of drug-likeness (QED) is 0.0659. The van der Waals surface area contributed by atoms with E-state index < -0.39 is 27.3 Å². The van der Waals surface area contributed by atoms with Crippen molar-refractivity contribution in [3.63, 3.8) is 0 Å². The summed E-state index contributed by atoms with van der Waals surface area (Å²) in [6.45, 7) is 10.6. The molecule has 2 atom stereocenters. The number of aromatic amines is 1. The second-order valence-corrected chi connectivity index (χ2v) is 21.3. The molecule has 2 saturated heterocycles. The van der Waals surface area contributed by atoms with E-state index in [1.165, 1.54) is 54.7 Å². The Bertz CT molecular complexity index is 2790. The van der Waals surface area contributed by atoms with Crippen LogP contribution in [-0.2, 0) is 10.0 Å². The lowest BCUT2D eigenvalue weighted by Gasteiger charge is -2.57. The summed E-state index contributed by atoms with van der Waals surface area (Å²) in [6.07, 6.45) is 15.6. The number of nitroso groups, excluding NO2 is 1. The first-order chi connectivity index (χ1) is 31.6. The third-order valence-corrected chi connectivity index (χ3v) is 16.1. The lowest BCUT2D eigenvalue weighted by atomic mass is 9.70. The Balaban J connectivity index is 0.921. The van der Waals surface area contributed by atoms with Gasteiger partial charge >= 0.3 is 0 Å². The Morgan fingerprint density at radius 1 is 1.03 bits per heavy atom. The number of carbonyl (C=O) groups excluding carboxylic acids is 1. The molecule has 4 aliphatic rings. The van der Waals surface area contributed by atoms with Crippen LogP contribution in [0.25, 0.3) is 11.0 Å². The molecule has 15 heteroatoms. The monoisotopic (exact) mass is 915 g/mol. The number of piperidine rings is 1. The zero-order chi connectivity index (χ0) is 46.4. The molecular weight excluding hydrogens is 858 g/mol. The van der Waals surface area contributed by atoms with Crippen LogP contribution in [0.1, 0.15) is 118 Å². The highest BCUT2D eigenvalue weighted by atomic mass is 32.2. The van der Waals surface area contributed by atoms with Gasteiger partial charge in [0.2, 0.25) is 0 Å². The smallest absolute Gasteiger partial charge is 0.268 e. The lowest BCUT2D eigenvalue weighted by molar-refractivity contribution is -0.0493. The number of terminal acetylenes is 1. The van der Waals surface area contributed by atoms with Gasteiger partial charge in [0.05, 0.1) is 27.1 Å². The number of amides is 1. The number of aromatic nitrogens is 2. The average Bonchev–Trinajstić information content (AvgIpc) is 3.93. The second-order valence-electron chi connectivity index (χ2n) is 19.6. The van der Waals surface area contributed by atoms with Gasteiger partial charge in [-0.15, -0.1) is 11.3 Å². The number of ether oxygens (including phenoxy) is 1. The van der Waals surface area contributed by atoms with E-state index in [1.54, 1.807) is 12.1 Å². The van der Waals surface area contributed by atoms with Crippen LogP contribution in [0.4, 0.5) is 21.5 Å². The lowest BCUT2D eigenvalue weighted by Crippen LogP contribution is -2.63. The van der Waals surface area contributed by atoms with Crippen LogP contribution in [0, 0.1) is 34.4 Å². The van der Waals surface area contributed by atoms with E-state index in [2.05, 4.69) is 79.0 Å². The fourth-order valence-electron chi connectivity index (χ4n) is 10.9. The number of rotatable bonds is 13. The maximum atomic E-state index is 14.8. The fraction of sp³-hybridized carbons (Fsp3) is 0.451. The van der Waals surface area contributed by atoms with E-state index in [9.17, 15) is 27.6 Å². The van der Waals surface area contributed by atoms with Crippen molar-refractivity contribution >= 4 is 44.0 Å². The van der Waals surface area contributed by atoms with Crippen LogP contribution in [0.2, 0.25) is 0 Å². The third-order valence-electron chi connectivity index (χ3n) is 14.7. The van der Waals surface area contributed by atoms with E-state index >= 15 is 0 Å². The summed E-state index contributed by atoms with van der Waals surface area (Å²) in [4.78, 5) is 37.7. The number of hydrogen-bond acceptors (Lipinski definition) is 11. The Morgan fingerprint density at radius 2 is 1.79 bits per heavy atom. The molecule has 0 unspecified atom stereocenters. The molecule has 2 aromatic heterocycles. The van der Waals surface area contributed by atoms with Crippen molar-refractivity contribution in [2.75, 3.05) is 42.9 Å². The van der Waals surface area contributed by atoms with Crippen molar-refractivity contribution in [1.82, 2.24) is 19.6 Å². The van der Waals surface area contributed by atoms with Crippen molar-refractivity contribution in [2.24, 2.45) is 16.5 Å². The molecule has 0 radical (unpaired) electrons. The number of sulfonamides is 1. The summed E-state index contributed by atoms with van der Waals surface area (Å²) in [5, 5.41) is 16.7. The Hall–Kier alpha value is -5.82. The minimum absolute atomic E-state index is 0.00289. The number of nitrogens with one attached hydrogen (secondary N) is 3. The van der Waals surface area contributed by atoms with Gasteiger partial charge in [0.15, 0.2) is 11.4 Å². The largest absolute Gasteiger partial charge is 0.453 e. The summed E-state index contributed by atoms with van der Waals surface area (Å²) in [7, 11) is -4.53. The molecular formula is C51H58FN7O6S. The summed E-state index contributed by atoms with van der Waals surface area (Å²) >= 11 is 0. The summed E-state index contributed by atoms with van der Waals surface area (Å²) < 4.78 is 50.8. The minimum Gasteiger partial charge on any atom is -0.453 e. The molecule has 0 bridgehead atoms. The topological polar surface area (TPSA) is 169 Å². The fourth-order valence-corrected chi connectivity index (χ4v) is 11.9. The van der Waals surface area contributed by atoms with Gasteiger partial charge in [0.1, 0.15) is 22.9 Å². The first-order valence-corrected chi connectivity index (χ1v) is 24.7. The molecule has 13 nitrogen and oxygen atoms in total. The maximum Gasteiger partial charge on any atom is 0.268 e. The van der Waals surface area contributed by atoms with Crippen LogP contribution in [0.3, 0.4) is 0 Å². The number of pyridine rings is 1. The molecule has 66 heavy (non-hydrogen) atoms. The highest BCUT2D eigenvalue weighted by molar-refractivity contribution is 7.90. The number of anilines is 2. The van der Waals surface area contributed by atoms with Crippen LogP contribution >= 0.6 is 0 Å². The van der Waals surface area contributed by atoms with Gasteiger partial charge in [0, 0.05) is 56.7 Å². The standard InChI is InChI=1S/C51H58FN7O6S/c1-5-42-47(27-40-41(52)29-54-48(40)55-42)65-46-25-34(58-23-21-51(22-24-58)30-59(31-51)45-12-8-11-38(45)37-10-7-6-9-36(37)32(2)3)13-15-39(46)49(60)57-66(63,64)35-14-16-43(44(26-35)56-62)53-28-33-17-19-50(4,61)20-18-33/h1,6-7,9-10,13-16,25-27,29,32-33,38,45,53,61H,8,11-12,17-24,28,30-31H2,2-4H3,(H,54,55)(H,57,60)/t33?,38-,45-,50?/m1/s1. The third kappa shape index (κ3) is 9.15. The number of likely N-dealkylation sites (tertiary alicyclic amines) is 1. The Labute approximate surface area is 385 Å². The number of carbonyl (C=O) groups is 1. The van der Waals surface area contributed by atoms with Gasteiger partial charge in [-0.1, -0.05) is 44.5 Å². The first-order valence-electron chi connectivity index (χ1n) is 23.2. The number of nitrogens with zero attached hydrogens (tertiary/aromatic N) is 4. The van der Waals surface area contributed by atoms with E-state index in [0.29, 0.717) is 43.0 Å². The number of H-pyrrole nitrogens is 1. The molecule has 346 valence electrons. The van der Waals surface area contributed by atoms with Gasteiger partial charge in [-0.05, 0) is 140 Å². The number of halogens is 1. The van der Waals surface area contributed by atoms with Gasteiger partial charge in [-0.2, -0.15) is 0 Å². The van der Waals surface area contributed by atoms with Crippen LogP contribution < -0.4 is 19.7 Å². The average molecular weight is 916 g/mol. The van der Waals surface area contributed by atoms with Crippen LogP contribution in [0.15, 0.2) is 83.0 Å². The molecule has 1 amide bonds. The predicted molar refractivity (Wildman–Crippen MR) is 254 cm³/mol. The van der Waals surface area contributed by atoms with Crippen molar-refractivity contribution in [3.8, 4) is 23.8 Å². The van der Waals surface area contributed by atoms with E-state index in [4.69, 9.17) is 11.2 Å². The summed E-state index contributed by atoms with van der Waals surface area (Å²) in [5.41, 5.74) is 3.67. The minimum atomic E-state index is -4.53. The van der Waals surface area contributed by atoms with Crippen LogP contribution in [-0.4, -0.2) is 78.7 Å². The van der Waals surface area contributed by atoms with Gasteiger partial charge in [-0.3, -0.25) is 9.69 Å². The molecule has 2 saturated carbocycles. The number of benzene rings is 3. The van der Waals surface area contributed by atoms with E-state index in [-0.39, 0.29) is 55.7 Å². The van der Waals surface area contributed by atoms with Gasteiger partial charge in [-0.25, -0.2) is 22.5 Å². The zero-order valence-electron chi connectivity index (χ0n) is 37.8. The number of fused-ring (bicyclic) bond motifs is 1. The number of aliphatic hydroxyl groups is 1. The SMILES string of the molecule is C#Cc1nc2[nH]cc(F)c2cc1Oc1cc(N2CCC3(CC2)CN([C@@H]2CCC[C@@H]2c2ccccc2C(C)C)C3)ccc1C(=O)NS(=O)(=O)c1ccc(NCC2CCC(C)(O)CC2)c(N=O)c1. The van der Waals surface area contributed by atoms with Gasteiger partial charge in [0.25, 0.3) is 15.9 Å². The summed E-state index contributed by atoms with van der Waals surface area (Å²) in [6, 6.07) is 19.7. The Morgan fingerprint density at radius 3 is 2.52 bits per heavy atom. The van der Waals surface area contributed by atoms with Crippen molar-refractivity contribution in [2.45, 2.75) is 107 Å². The first kappa shape index (κ1) is 45.3.